The molecule has 0 aromatic carbocycles. The average Bonchev–Trinajstić information content (AvgIpc) is 2.13. The summed E-state index contributed by atoms with van der Waals surface area (Å²) >= 11 is 0. The van der Waals surface area contributed by atoms with E-state index in [1.807, 2.05) is 6.08 Å². The van der Waals surface area contributed by atoms with Gasteiger partial charge in [0, 0.05) is 6.04 Å². The van der Waals surface area contributed by atoms with Crippen LogP contribution in [0.2, 0.25) is 0 Å². The minimum atomic E-state index is -0.799. The number of carboxylic acids is 1. The first-order valence-electron chi connectivity index (χ1n) is 2.87. The van der Waals surface area contributed by atoms with Crippen molar-refractivity contribution < 1.29 is 9.90 Å². The molecule has 1 aliphatic carbocycles. The second-order valence-corrected chi connectivity index (χ2v) is 2.19. The second-order valence-electron chi connectivity index (χ2n) is 2.19. The molecular formula is C6H9NO2. The topological polar surface area (TPSA) is 63.3 Å². The second kappa shape index (κ2) is 2.19. The van der Waals surface area contributed by atoms with Gasteiger partial charge in [-0.1, -0.05) is 12.2 Å². The van der Waals surface area contributed by atoms with Crippen LogP contribution in [0.3, 0.4) is 0 Å². The molecule has 1 aliphatic rings. The van der Waals surface area contributed by atoms with Crippen LogP contribution in [0.15, 0.2) is 12.2 Å². The van der Waals surface area contributed by atoms with Crippen LogP contribution in [-0.2, 0) is 4.79 Å². The molecule has 0 aliphatic heterocycles. The van der Waals surface area contributed by atoms with Gasteiger partial charge in [0.05, 0.1) is 5.92 Å². The Bertz CT molecular complexity index is 153. The monoisotopic (exact) mass is 127 g/mol. The van der Waals surface area contributed by atoms with E-state index in [0.717, 1.165) is 0 Å². The lowest BCUT2D eigenvalue weighted by molar-refractivity contribution is -0.141. The van der Waals surface area contributed by atoms with Gasteiger partial charge in [-0.25, -0.2) is 0 Å². The van der Waals surface area contributed by atoms with E-state index in [1.54, 1.807) is 6.08 Å². The van der Waals surface area contributed by atoms with Crippen molar-refractivity contribution in [2.75, 3.05) is 0 Å². The molecule has 0 amide bonds. The number of allylic oxidation sites excluding steroid dienone is 1. The first kappa shape index (κ1) is 6.29. The van der Waals surface area contributed by atoms with Gasteiger partial charge in [-0.05, 0) is 6.42 Å². The lowest BCUT2D eigenvalue weighted by Gasteiger charge is -2.07. The fraction of sp³-hybridized carbons (Fsp3) is 0.500. The van der Waals surface area contributed by atoms with E-state index in [-0.39, 0.29) is 12.0 Å². The Balaban J connectivity index is 2.55. The number of carboxylic acid groups (broad SMARTS) is 1. The molecule has 0 saturated heterocycles. The fourth-order valence-electron chi connectivity index (χ4n) is 0.939. The highest BCUT2D eigenvalue weighted by Crippen LogP contribution is 2.16. The van der Waals surface area contributed by atoms with E-state index >= 15 is 0 Å². The summed E-state index contributed by atoms with van der Waals surface area (Å²) < 4.78 is 0. The molecule has 3 nitrogen and oxygen atoms in total. The Morgan fingerprint density at radius 1 is 1.78 bits per heavy atom. The molecule has 9 heavy (non-hydrogen) atoms. The Hall–Kier alpha value is -0.830. The summed E-state index contributed by atoms with van der Waals surface area (Å²) in [7, 11) is 0. The van der Waals surface area contributed by atoms with Crippen LogP contribution in [0.4, 0.5) is 0 Å². The lowest BCUT2D eigenvalue weighted by Crippen LogP contribution is -2.30. The maximum absolute atomic E-state index is 10.3. The maximum atomic E-state index is 10.3. The molecule has 0 fully saturated rings. The Labute approximate surface area is 53.2 Å². The minimum absolute atomic E-state index is 0.275. The number of hydrogen-bond donors (Lipinski definition) is 2. The summed E-state index contributed by atoms with van der Waals surface area (Å²) in [5.41, 5.74) is 5.41. The number of nitrogens with two attached hydrogens (primary N) is 1. The standard InChI is InChI=1S/C6H9NO2/c7-5-3-1-2-4(5)6(8)9/h1,3-5H,2,7H2,(H,8,9)/t4-,5+/m0/s1. The van der Waals surface area contributed by atoms with Gasteiger partial charge < -0.3 is 10.8 Å². The molecule has 0 radical (unpaired) electrons. The summed E-state index contributed by atoms with van der Waals surface area (Å²) in [5.74, 6) is -1.18. The highest BCUT2D eigenvalue weighted by atomic mass is 16.4. The highest BCUT2D eigenvalue weighted by molar-refractivity contribution is 5.72. The maximum Gasteiger partial charge on any atom is 0.308 e. The molecule has 0 aromatic heterocycles. The molecule has 3 N–H and O–H groups in total. The third-order valence-electron chi connectivity index (χ3n) is 1.53. The molecule has 3 heteroatoms. The fourth-order valence-corrected chi connectivity index (χ4v) is 0.939. The molecule has 0 aromatic rings. The normalized spacial score (nSPS) is 33.0. The molecule has 0 bridgehead atoms. The molecule has 0 saturated carbocycles. The minimum Gasteiger partial charge on any atom is -0.481 e. The molecule has 2 atom stereocenters. The van der Waals surface area contributed by atoms with Gasteiger partial charge in [0.15, 0.2) is 0 Å². The van der Waals surface area contributed by atoms with Crippen molar-refractivity contribution in [2.45, 2.75) is 12.5 Å². The van der Waals surface area contributed by atoms with E-state index in [9.17, 15) is 4.79 Å². The predicted octanol–water partition coefficient (Wildman–Crippen LogP) is -0.0256. The van der Waals surface area contributed by atoms with Gasteiger partial charge in [-0.15, -0.1) is 0 Å². The van der Waals surface area contributed by atoms with Gasteiger partial charge in [-0.2, -0.15) is 0 Å². The number of rotatable bonds is 1. The van der Waals surface area contributed by atoms with Crippen molar-refractivity contribution in [3.63, 3.8) is 0 Å². The Morgan fingerprint density at radius 3 is 2.67 bits per heavy atom. The van der Waals surface area contributed by atoms with Crippen LogP contribution < -0.4 is 5.73 Å². The zero-order valence-electron chi connectivity index (χ0n) is 4.95. The van der Waals surface area contributed by atoms with E-state index in [0.29, 0.717) is 6.42 Å². The highest BCUT2D eigenvalue weighted by Gasteiger charge is 2.25. The van der Waals surface area contributed by atoms with Crippen molar-refractivity contribution in [1.82, 2.24) is 0 Å². The van der Waals surface area contributed by atoms with Crippen LogP contribution in [0, 0.1) is 5.92 Å². The van der Waals surface area contributed by atoms with Crippen LogP contribution in [0.1, 0.15) is 6.42 Å². The van der Waals surface area contributed by atoms with Crippen LogP contribution in [0.5, 0.6) is 0 Å². The summed E-state index contributed by atoms with van der Waals surface area (Å²) in [5, 5.41) is 8.46. The quantitative estimate of drug-likeness (QED) is 0.486. The first-order valence-corrected chi connectivity index (χ1v) is 2.87. The van der Waals surface area contributed by atoms with Crippen LogP contribution in [-0.4, -0.2) is 17.1 Å². The Kier molecular flexibility index (Phi) is 1.53. The summed E-state index contributed by atoms with van der Waals surface area (Å²) in [6.07, 6.45) is 4.12. The SMILES string of the molecule is N[C@@H]1C=CC[C@@H]1C(=O)O. The Morgan fingerprint density at radius 2 is 2.44 bits per heavy atom. The molecule has 1 rings (SSSR count). The van der Waals surface area contributed by atoms with Gasteiger partial charge >= 0.3 is 5.97 Å². The van der Waals surface area contributed by atoms with Gasteiger partial charge in [-0.3, -0.25) is 4.79 Å². The van der Waals surface area contributed by atoms with Crippen molar-refractivity contribution in [1.29, 1.82) is 0 Å². The predicted molar refractivity (Wildman–Crippen MR) is 32.9 cm³/mol. The third kappa shape index (κ3) is 1.10. The van der Waals surface area contributed by atoms with E-state index in [1.165, 1.54) is 0 Å². The van der Waals surface area contributed by atoms with Crippen molar-refractivity contribution in [3.05, 3.63) is 12.2 Å². The molecule has 50 valence electrons. The summed E-state index contributed by atoms with van der Waals surface area (Å²) in [6, 6.07) is -0.275. The smallest absolute Gasteiger partial charge is 0.308 e. The molecule has 0 spiro atoms. The number of hydrogen-bond acceptors (Lipinski definition) is 2. The van der Waals surface area contributed by atoms with Crippen LogP contribution in [0.25, 0.3) is 0 Å². The van der Waals surface area contributed by atoms with Crippen molar-refractivity contribution in [3.8, 4) is 0 Å². The van der Waals surface area contributed by atoms with E-state index < -0.39 is 5.97 Å². The zero-order valence-corrected chi connectivity index (χ0v) is 4.95. The summed E-state index contributed by atoms with van der Waals surface area (Å²) in [6.45, 7) is 0. The molecule has 0 unspecified atom stereocenters. The number of carbonyl (C=O) groups is 1. The van der Waals surface area contributed by atoms with Crippen molar-refractivity contribution in [2.24, 2.45) is 11.7 Å². The van der Waals surface area contributed by atoms with Crippen molar-refractivity contribution >= 4 is 5.97 Å². The largest absolute Gasteiger partial charge is 0.481 e. The average molecular weight is 127 g/mol. The van der Waals surface area contributed by atoms with E-state index in [2.05, 4.69) is 0 Å². The number of aliphatic carboxylic acids is 1. The lowest BCUT2D eigenvalue weighted by atomic mass is 10.0. The zero-order chi connectivity index (χ0) is 6.85. The van der Waals surface area contributed by atoms with Gasteiger partial charge in [0.1, 0.15) is 0 Å². The van der Waals surface area contributed by atoms with Gasteiger partial charge in [0.25, 0.3) is 0 Å². The van der Waals surface area contributed by atoms with Crippen LogP contribution >= 0.6 is 0 Å². The van der Waals surface area contributed by atoms with E-state index in [4.69, 9.17) is 10.8 Å². The first-order chi connectivity index (χ1) is 4.22. The molecule has 0 heterocycles. The summed E-state index contributed by atoms with van der Waals surface area (Å²) in [4.78, 5) is 10.3. The third-order valence-corrected chi connectivity index (χ3v) is 1.53. The van der Waals surface area contributed by atoms with Gasteiger partial charge in [0.2, 0.25) is 0 Å². The molecular weight excluding hydrogens is 118 g/mol.